The van der Waals surface area contributed by atoms with Gasteiger partial charge in [0.2, 0.25) is 45.1 Å². The van der Waals surface area contributed by atoms with Crippen molar-refractivity contribution in [3.05, 3.63) is 35.9 Å². The molecular weight excluding hydrogens is 867 g/mol. The number of sulfonamides is 1. The molecule has 2 aliphatic heterocycles. The molecule has 3 fully saturated rings. The summed E-state index contributed by atoms with van der Waals surface area (Å²) in [5.41, 5.74) is 3.83. The van der Waals surface area contributed by atoms with Gasteiger partial charge in [0.1, 0.15) is 35.4 Å². The normalized spacial score (nSPS) is 23.4. The minimum absolute atomic E-state index is 0.0363. The van der Waals surface area contributed by atoms with E-state index in [1.165, 1.54) is 4.90 Å². The number of primary amides is 1. The second-order valence-electron chi connectivity index (χ2n) is 18.3. The number of benzene rings is 1. The number of likely N-dealkylation sites (tertiary alicyclic amines) is 1. The Balaban J connectivity index is 1.14. The van der Waals surface area contributed by atoms with Gasteiger partial charge in [0.25, 0.3) is 0 Å². The first-order chi connectivity index (χ1) is 30.1. The summed E-state index contributed by atoms with van der Waals surface area (Å²) < 4.78 is 103. The fourth-order valence-electron chi connectivity index (χ4n) is 8.93. The maximum Gasteiger partial charge on any atom is 0.427 e. The van der Waals surface area contributed by atoms with E-state index in [1.807, 2.05) is 25.1 Å². The third-order valence-corrected chi connectivity index (χ3v) is 15.2. The van der Waals surface area contributed by atoms with E-state index in [9.17, 15) is 45.2 Å². The molecule has 64 heavy (non-hydrogen) atoms. The number of amides is 4. The van der Waals surface area contributed by atoms with E-state index in [1.54, 1.807) is 26.2 Å². The number of hydrogen-bond acceptors (Lipinski definition) is 11. The first-order valence-electron chi connectivity index (χ1n) is 21.8. The van der Waals surface area contributed by atoms with Crippen LogP contribution in [0.25, 0.3) is 10.8 Å². The van der Waals surface area contributed by atoms with Crippen LogP contribution in [0.1, 0.15) is 97.5 Å². The number of nitrogens with two attached hydrogens (primary N) is 1. The summed E-state index contributed by atoms with van der Waals surface area (Å²) >= 11 is 0. The minimum atomic E-state index is -4.92. The molecule has 2 saturated carbocycles. The SMILES string of the molecule is COc1ccc2c(O[C@@H]3C[C@@H](C(N)=O)N(C(=O)[C@@H](NC(=O)OC(C)(C)C(F)(F)F)[C@H](C)C[C@@H](C)CC/C=C\[C@@H]4CCCC4C(=O)NS(=O)(=O)C4(CF)CC4)C3)nc3c(c2c1)CCCO3. The fraction of sp³-hybridized carbons (Fsp3) is 0.659. The highest BCUT2D eigenvalue weighted by Gasteiger charge is 2.56. The number of aromatic nitrogens is 1. The second-order valence-corrected chi connectivity index (χ2v) is 20.4. The molecule has 4 amide bonds. The molecule has 7 atom stereocenters. The van der Waals surface area contributed by atoms with E-state index >= 15 is 0 Å². The number of fused-ring (bicyclic) bond motifs is 3. The van der Waals surface area contributed by atoms with Crippen LogP contribution >= 0.6 is 0 Å². The Labute approximate surface area is 370 Å². The van der Waals surface area contributed by atoms with Crippen LogP contribution < -0.4 is 30.0 Å². The first kappa shape index (κ1) is 48.6. The van der Waals surface area contributed by atoms with Crippen LogP contribution in [-0.2, 0) is 35.6 Å². The Morgan fingerprint density at radius 1 is 1.11 bits per heavy atom. The van der Waals surface area contributed by atoms with Gasteiger partial charge in [-0.1, -0.05) is 32.4 Å². The molecule has 6 rings (SSSR count). The van der Waals surface area contributed by atoms with Gasteiger partial charge in [0.15, 0.2) is 0 Å². The summed E-state index contributed by atoms with van der Waals surface area (Å²) in [5.74, 6) is -2.64. The number of carbonyl (C=O) groups excluding carboxylic acids is 4. The highest BCUT2D eigenvalue weighted by molar-refractivity contribution is 7.91. The number of ether oxygens (including phenoxy) is 4. The minimum Gasteiger partial charge on any atom is -0.497 e. The summed E-state index contributed by atoms with van der Waals surface area (Å²) in [6.45, 7) is 4.18. The largest absolute Gasteiger partial charge is 0.497 e. The maximum absolute atomic E-state index is 14.5. The Hall–Kier alpha value is -4.88. The van der Waals surface area contributed by atoms with Gasteiger partial charge in [-0.05, 0) is 113 Å². The summed E-state index contributed by atoms with van der Waals surface area (Å²) in [4.78, 5) is 59.4. The number of aryl methyl sites for hydroxylation is 1. The van der Waals surface area contributed by atoms with Crippen LogP contribution in [0.3, 0.4) is 0 Å². The van der Waals surface area contributed by atoms with Crippen molar-refractivity contribution in [3.8, 4) is 17.5 Å². The van der Waals surface area contributed by atoms with Crippen LogP contribution in [0.5, 0.6) is 17.5 Å². The molecule has 354 valence electrons. The van der Waals surface area contributed by atoms with Crippen LogP contribution in [0.4, 0.5) is 22.4 Å². The number of carbonyl (C=O) groups is 4. The molecule has 2 aromatic rings. The molecule has 0 radical (unpaired) electrons. The fourth-order valence-corrected chi connectivity index (χ4v) is 10.3. The zero-order valence-corrected chi connectivity index (χ0v) is 37.6. The number of alkyl halides is 4. The van der Waals surface area contributed by atoms with Gasteiger partial charge in [-0.25, -0.2) is 17.6 Å². The number of nitrogens with zero attached hydrogens (tertiary/aromatic N) is 2. The molecule has 1 saturated heterocycles. The summed E-state index contributed by atoms with van der Waals surface area (Å²) in [6.07, 6.45) is 1.68. The van der Waals surface area contributed by atoms with E-state index < -0.39 is 87.1 Å². The van der Waals surface area contributed by atoms with Gasteiger partial charge >= 0.3 is 12.3 Å². The van der Waals surface area contributed by atoms with Crippen LogP contribution in [0.15, 0.2) is 30.4 Å². The lowest BCUT2D eigenvalue weighted by Crippen LogP contribution is -2.56. The topological polar surface area (TPSA) is 206 Å². The number of halogens is 4. The molecule has 4 aliphatic rings. The summed E-state index contributed by atoms with van der Waals surface area (Å²) in [6, 6.07) is 2.76. The molecular formula is C44H59F4N5O10S. The monoisotopic (exact) mass is 925 g/mol. The Morgan fingerprint density at radius 2 is 1.84 bits per heavy atom. The molecule has 4 N–H and O–H groups in total. The number of allylic oxidation sites excluding steroid dienone is 2. The quantitative estimate of drug-likeness (QED) is 0.113. The lowest BCUT2D eigenvalue weighted by Gasteiger charge is -2.33. The predicted octanol–water partition coefficient (Wildman–Crippen LogP) is 6.20. The average Bonchev–Trinajstić information content (AvgIpc) is 3.72. The molecule has 1 aromatic heterocycles. The number of rotatable bonds is 18. The van der Waals surface area contributed by atoms with E-state index in [-0.39, 0.29) is 43.5 Å². The van der Waals surface area contributed by atoms with Gasteiger partial charge in [0.05, 0.1) is 20.3 Å². The van der Waals surface area contributed by atoms with Crippen LogP contribution in [0.2, 0.25) is 0 Å². The average molecular weight is 926 g/mol. The van der Waals surface area contributed by atoms with E-state index in [0.29, 0.717) is 82.4 Å². The lowest BCUT2D eigenvalue weighted by atomic mass is 9.87. The van der Waals surface area contributed by atoms with E-state index in [0.717, 1.165) is 17.4 Å². The number of methoxy groups -OCH3 is 1. The molecule has 3 heterocycles. The van der Waals surface area contributed by atoms with Crippen molar-refractivity contribution in [1.82, 2.24) is 19.9 Å². The first-order valence-corrected chi connectivity index (χ1v) is 23.3. The number of hydrogen-bond donors (Lipinski definition) is 3. The molecule has 1 aromatic carbocycles. The predicted molar refractivity (Wildman–Crippen MR) is 227 cm³/mol. The zero-order valence-electron chi connectivity index (χ0n) is 36.8. The molecule has 20 heteroatoms. The Bertz CT molecular complexity index is 2220. The Morgan fingerprint density at radius 3 is 2.50 bits per heavy atom. The van der Waals surface area contributed by atoms with Crippen molar-refractivity contribution in [1.29, 1.82) is 0 Å². The van der Waals surface area contributed by atoms with Crippen molar-refractivity contribution in [2.75, 3.05) is 26.9 Å². The molecule has 1 unspecified atom stereocenters. The number of alkyl carbamates (subject to hydrolysis) is 1. The van der Waals surface area contributed by atoms with Gasteiger partial charge < -0.3 is 34.9 Å². The maximum atomic E-state index is 14.5. The molecule has 0 bridgehead atoms. The standard InChI is InChI=1S/C44H59F4N5O10S/c1-25(10-6-7-11-27-12-8-13-30(27)37(55)52-64(58,59)43(24-45)17-18-43)20-26(2)35(50-41(57)63-42(3,4)44(46,47)48)40(56)53-23-29(22-34(53)36(49)54)62-39-32-16-15-28(60-5)21-33(32)31-14-9-19-61-38(31)51-39/h7,11,15-16,21,25-27,29-30,34-35H,6,8-10,12-14,17-20,22-24H2,1-5H3,(H2,49,54)(H,50,57)(H,52,55)/b11-7-/t25-,26+,27+,29+,30?,34-,35-/m0/s1. The van der Waals surface area contributed by atoms with Crippen LogP contribution in [-0.4, -0.2) is 104 Å². The summed E-state index contributed by atoms with van der Waals surface area (Å²) in [5, 5.41) is 3.83. The van der Waals surface area contributed by atoms with Crippen molar-refractivity contribution >= 4 is 44.6 Å². The number of pyridine rings is 1. The van der Waals surface area contributed by atoms with E-state index in [2.05, 4.69) is 15.0 Å². The van der Waals surface area contributed by atoms with Crippen molar-refractivity contribution in [2.24, 2.45) is 29.4 Å². The molecule has 2 aliphatic carbocycles. The number of nitrogens with one attached hydrogen (secondary N) is 2. The smallest absolute Gasteiger partial charge is 0.427 e. The van der Waals surface area contributed by atoms with Gasteiger partial charge in [-0.15, -0.1) is 0 Å². The highest BCUT2D eigenvalue weighted by Crippen LogP contribution is 2.44. The highest BCUT2D eigenvalue weighted by atomic mass is 32.2. The van der Waals surface area contributed by atoms with Crippen molar-refractivity contribution in [3.63, 3.8) is 0 Å². The zero-order chi connectivity index (χ0) is 46.8. The molecule has 0 spiro atoms. The third-order valence-electron chi connectivity index (χ3n) is 13.1. The lowest BCUT2D eigenvalue weighted by molar-refractivity contribution is -0.244. The Kier molecular flexibility index (Phi) is 14.6. The van der Waals surface area contributed by atoms with Crippen molar-refractivity contribution in [2.45, 2.75) is 133 Å². The third kappa shape index (κ3) is 10.6. The van der Waals surface area contributed by atoms with Crippen LogP contribution in [0, 0.1) is 23.7 Å². The van der Waals surface area contributed by atoms with Gasteiger partial charge in [-0.3, -0.25) is 19.1 Å². The van der Waals surface area contributed by atoms with Crippen molar-refractivity contribution < 1.29 is 64.1 Å². The second kappa shape index (κ2) is 19.3. The van der Waals surface area contributed by atoms with E-state index in [4.69, 9.17) is 24.7 Å². The summed E-state index contributed by atoms with van der Waals surface area (Å²) in [7, 11) is -2.58. The molecule has 15 nitrogen and oxygen atoms in total. The van der Waals surface area contributed by atoms with Gasteiger partial charge in [0, 0.05) is 23.3 Å². The van der Waals surface area contributed by atoms with Gasteiger partial charge in [-0.2, -0.15) is 18.2 Å².